The molecule has 2 aliphatic heterocycles. The van der Waals surface area contributed by atoms with Gasteiger partial charge in [0.25, 0.3) is 11.9 Å². The quantitative estimate of drug-likeness (QED) is 0.461. The third-order valence-corrected chi connectivity index (χ3v) is 10.1. The Labute approximate surface area is 206 Å². The van der Waals surface area contributed by atoms with E-state index in [1.807, 2.05) is 13.0 Å². The molecule has 2 aliphatic rings. The van der Waals surface area contributed by atoms with E-state index in [0.29, 0.717) is 23.0 Å². The number of carbonyl (C=O) groups is 2. The molecular weight excluding hydrogens is 466 g/mol. The number of ether oxygens (including phenoxy) is 5. The Morgan fingerprint density at radius 3 is 2.34 bits per heavy atom. The van der Waals surface area contributed by atoms with Crippen molar-refractivity contribution >= 4 is 30.6 Å². The predicted molar refractivity (Wildman–Crippen MR) is 135 cm³/mol. The second-order valence-electron chi connectivity index (χ2n) is 9.37. The largest absolute Gasteiger partial charge is 0.496 e. The van der Waals surface area contributed by atoms with Gasteiger partial charge in [-0.25, -0.2) is 0 Å². The van der Waals surface area contributed by atoms with E-state index in [0.717, 1.165) is 12.0 Å². The van der Waals surface area contributed by atoms with Gasteiger partial charge in [0.2, 0.25) is 11.9 Å². The molecule has 2 heterocycles. The maximum Gasteiger partial charge on any atom is 0.289 e. The maximum atomic E-state index is 13.0. The summed E-state index contributed by atoms with van der Waals surface area (Å²) < 4.78 is 27.5. The zero-order chi connectivity index (χ0) is 25.3. The van der Waals surface area contributed by atoms with Crippen LogP contribution in [0.2, 0.25) is 19.1 Å². The van der Waals surface area contributed by atoms with Crippen molar-refractivity contribution in [1.82, 2.24) is 0 Å². The van der Waals surface area contributed by atoms with Gasteiger partial charge in [0.1, 0.15) is 28.7 Å². The van der Waals surface area contributed by atoms with E-state index in [1.165, 1.54) is 50.6 Å². The van der Waals surface area contributed by atoms with Crippen molar-refractivity contribution in [2.75, 3.05) is 26.6 Å². The summed E-state index contributed by atoms with van der Waals surface area (Å²) in [5.41, 5.74) is 2.54. The first-order valence-corrected chi connectivity index (χ1v) is 14.7. The Kier molecular flexibility index (Phi) is 6.80. The van der Waals surface area contributed by atoms with Gasteiger partial charge in [0.05, 0.1) is 35.5 Å². The Morgan fingerprint density at radius 2 is 1.71 bits per heavy atom. The normalized spacial score (nSPS) is 18.2. The van der Waals surface area contributed by atoms with E-state index in [1.54, 1.807) is 12.1 Å². The highest BCUT2D eigenvalue weighted by Crippen LogP contribution is 2.39. The lowest BCUT2D eigenvalue weighted by Gasteiger charge is -2.31. The number of fused-ring (bicyclic) bond motifs is 1. The first kappa shape index (κ1) is 24.7. The number of hydrogen-bond acceptors (Lipinski definition) is 7. The summed E-state index contributed by atoms with van der Waals surface area (Å²) in [6.07, 6.45) is 2.01. The Morgan fingerprint density at radius 1 is 1.03 bits per heavy atom. The van der Waals surface area contributed by atoms with E-state index < -0.39 is 25.9 Å². The van der Waals surface area contributed by atoms with E-state index in [2.05, 4.69) is 24.5 Å². The lowest BCUT2D eigenvalue weighted by molar-refractivity contribution is -0.134. The number of anilines is 1. The van der Waals surface area contributed by atoms with Crippen molar-refractivity contribution in [3.63, 3.8) is 0 Å². The molecule has 0 saturated heterocycles. The molecule has 0 fully saturated rings. The Hall–Kier alpha value is -3.46. The average molecular weight is 498 g/mol. The number of aryl methyl sites for hydroxylation is 2. The fraction of sp³-hybridized carbons (Fsp3) is 0.385. The average Bonchev–Trinajstić information content (AvgIpc) is 3.20. The van der Waals surface area contributed by atoms with Gasteiger partial charge in [-0.15, -0.1) is 0 Å². The monoisotopic (exact) mass is 497 g/mol. The molecule has 4 rings (SSSR count). The number of methoxy groups -OCH3 is 3. The van der Waals surface area contributed by atoms with Crippen molar-refractivity contribution in [2.24, 2.45) is 0 Å². The first-order valence-electron chi connectivity index (χ1n) is 11.5. The van der Waals surface area contributed by atoms with Gasteiger partial charge >= 0.3 is 0 Å². The molecule has 1 unspecified atom stereocenters. The standard InChI is InChI=1S/C26H31NO7Si/c1-15-10-22-16(8-7-9-35(22,5)6)11-19(15)33-23-14-18(28)25(34-23)26(29)27-24-20(31-3)12-17(30-2)13-21(24)32-4/h10-14,25H,7-9H2,1-6H3,(H,27,29). The fourth-order valence-corrected chi connectivity index (χ4v) is 7.60. The molecule has 0 bridgehead atoms. The number of carbonyl (C=O) groups excluding carboxylic acids is 2. The van der Waals surface area contributed by atoms with Gasteiger partial charge < -0.3 is 29.0 Å². The van der Waals surface area contributed by atoms with Crippen molar-refractivity contribution in [3.8, 4) is 23.0 Å². The van der Waals surface area contributed by atoms with E-state index in [-0.39, 0.29) is 11.6 Å². The van der Waals surface area contributed by atoms with E-state index >= 15 is 0 Å². The van der Waals surface area contributed by atoms with Crippen molar-refractivity contribution in [3.05, 3.63) is 47.4 Å². The molecule has 186 valence electrons. The molecular formula is C26H31NO7Si. The van der Waals surface area contributed by atoms with Crippen LogP contribution < -0.4 is 29.5 Å². The van der Waals surface area contributed by atoms with E-state index in [9.17, 15) is 9.59 Å². The summed E-state index contributed by atoms with van der Waals surface area (Å²) in [4.78, 5) is 25.6. The third kappa shape index (κ3) is 4.86. The minimum absolute atomic E-state index is 0.000763. The molecule has 2 aromatic rings. The van der Waals surface area contributed by atoms with Crippen LogP contribution in [0.1, 0.15) is 17.5 Å². The van der Waals surface area contributed by atoms with Crippen LogP contribution >= 0.6 is 0 Å². The SMILES string of the molecule is COc1cc(OC)c(NC(=O)C2OC(Oc3cc4c(cc3C)[Si](C)(C)CCC4)=CC2=O)c(OC)c1. The van der Waals surface area contributed by atoms with Crippen molar-refractivity contribution in [2.45, 2.75) is 45.0 Å². The van der Waals surface area contributed by atoms with Gasteiger partial charge in [-0.2, -0.15) is 0 Å². The number of nitrogens with one attached hydrogen (secondary N) is 1. The molecule has 2 aromatic carbocycles. The molecule has 9 heteroatoms. The van der Waals surface area contributed by atoms with Gasteiger partial charge in [-0.05, 0) is 30.5 Å². The summed E-state index contributed by atoms with van der Waals surface area (Å²) in [5.74, 6) is 0.595. The summed E-state index contributed by atoms with van der Waals surface area (Å²) in [5, 5.41) is 4.14. The molecule has 1 amide bonds. The number of hydrogen-bond donors (Lipinski definition) is 1. The minimum atomic E-state index is -1.44. The molecule has 0 saturated carbocycles. The number of benzene rings is 2. The first-order chi connectivity index (χ1) is 16.7. The molecule has 0 radical (unpaired) electrons. The van der Waals surface area contributed by atoms with Crippen LogP contribution in [-0.4, -0.2) is 47.2 Å². The van der Waals surface area contributed by atoms with Gasteiger partial charge in [0, 0.05) is 12.1 Å². The van der Waals surface area contributed by atoms with Crippen molar-refractivity contribution in [1.29, 1.82) is 0 Å². The second kappa shape index (κ2) is 9.65. The lowest BCUT2D eigenvalue weighted by Crippen LogP contribution is -2.46. The number of ketones is 1. The summed E-state index contributed by atoms with van der Waals surface area (Å²) in [7, 11) is 2.98. The summed E-state index contributed by atoms with van der Waals surface area (Å²) >= 11 is 0. The highest BCUT2D eigenvalue weighted by atomic mass is 28.3. The smallest absolute Gasteiger partial charge is 0.289 e. The molecule has 0 aliphatic carbocycles. The van der Waals surface area contributed by atoms with Crippen LogP contribution in [0.4, 0.5) is 5.69 Å². The zero-order valence-electron chi connectivity index (χ0n) is 20.9. The van der Waals surface area contributed by atoms with Gasteiger partial charge in [0.15, 0.2) is 0 Å². The van der Waals surface area contributed by atoms with Crippen LogP contribution in [0, 0.1) is 6.92 Å². The lowest BCUT2D eigenvalue weighted by atomic mass is 10.1. The maximum absolute atomic E-state index is 13.0. The van der Waals surface area contributed by atoms with Crippen LogP contribution in [0.15, 0.2) is 36.3 Å². The van der Waals surface area contributed by atoms with Crippen LogP contribution in [0.3, 0.4) is 0 Å². The topological polar surface area (TPSA) is 92.3 Å². The highest BCUT2D eigenvalue weighted by Gasteiger charge is 2.37. The molecule has 0 spiro atoms. The molecule has 8 nitrogen and oxygen atoms in total. The summed E-state index contributed by atoms with van der Waals surface area (Å²) in [6, 6.07) is 8.74. The molecule has 0 aromatic heterocycles. The Balaban J connectivity index is 1.50. The molecule has 1 atom stereocenters. The summed E-state index contributed by atoms with van der Waals surface area (Å²) in [6.45, 7) is 6.77. The predicted octanol–water partition coefficient (Wildman–Crippen LogP) is 3.71. The van der Waals surface area contributed by atoms with Gasteiger partial charge in [-0.1, -0.05) is 36.8 Å². The molecule has 1 N–H and O–H groups in total. The molecule has 35 heavy (non-hydrogen) atoms. The fourth-order valence-electron chi connectivity index (χ4n) is 4.59. The zero-order valence-corrected chi connectivity index (χ0v) is 21.9. The van der Waals surface area contributed by atoms with Crippen LogP contribution in [0.5, 0.6) is 23.0 Å². The third-order valence-electron chi connectivity index (χ3n) is 6.54. The highest BCUT2D eigenvalue weighted by molar-refractivity contribution is 6.90. The van der Waals surface area contributed by atoms with Crippen LogP contribution in [-0.2, 0) is 20.7 Å². The number of amides is 1. The number of rotatable bonds is 7. The Bertz CT molecular complexity index is 1180. The minimum Gasteiger partial charge on any atom is -0.496 e. The second-order valence-corrected chi connectivity index (χ2v) is 14.2. The van der Waals surface area contributed by atoms with Crippen LogP contribution in [0.25, 0.3) is 0 Å². The van der Waals surface area contributed by atoms with E-state index in [4.69, 9.17) is 23.7 Å². The van der Waals surface area contributed by atoms with Gasteiger partial charge in [-0.3, -0.25) is 9.59 Å². The van der Waals surface area contributed by atoms with Crippen molar-refractivity contribution < 1.29 is 33.3 Å².